The molecule has 0 bridgehead atoms. The minimum atomic E-state index is -0.324. The Kier molecular flexibility index (Phi) is 5.69. The van der Waals surface area contributed by atoms with E-state index < -0.39 is 0 Å². The molecule has 0 aliphatic heterocycles. The van der Waals surface area contributed by atoms with Gasteiger partial charge in [-0.25, -0.2) is 0 Å². The minimum absolute atomic E-state index is 0.226. The van der Waals surface area contributed by atoms with Gasteiger partial charge >= 0.3 is 5.97 Å². The fraction of sp³-hybridized carbons (Fsp3) is 0.500. The first-order valence-corrected chi connectivity index (χ1v) is 3.51. The van der Waals surface area contributed by atoms with E-state index in [-0.39, 0.29) is 19.2 Å². The molecule has 0 heterocycles. The van der Waals surface area contributed by atoms with Crippen molar-refractivity contribution in [2.45, 2.75) is 13.8 Å². The Morgan fingerprint density at radius 3 is 2.58 bits per heavy atom. The van der Waals surface area contributed by atoms with Crippen molar-refractivity contribution in [3.8, 4) is 0 Å². The molecule has 0 unspecified atom stereocenters. The van der Waals surface area contributed by atoms with Crippen LogP contribution in [0, 0.1) is 0 Å². The van der Waals surface area contributed by atoms with E-state index >= 15 is 0 Å². The Hall–Kier alpha value is -1.32. The fourth-order valence-electron chi connectivity index (χ4n) is 0.526. The molecule has 0 saturated carbocycles. The van der Waals surface area contributed by atoms with Gasteiger partial charge in [-0.1, -0.05) is 0 Å². The molecular weight excluding hydrogens is 160 g/mol. The number of hydrogen-bond acceptors (Lipinski definition) is 4. The van der Waals surface area contributed by atoms with Crippen molar-refractivity contribution in [1.29, 1.82) is 0 Å². The maximum absolute atomic E-state index is 10.3. The monoisotopic (exact) mass is 172 g/mol. The van der Waals surface area contributed by atoms with Crippen LogP contribution in [0.3, 0.4) is 0 Å². The Balaban J connectivity index is 3.53. The second-order valence-electron chi connectivity index (χ2n) is 2.26. The number of ether oxygens (including phenoxy) is 2. The average Bonchev–Trinajstić information content (AvgIpc) is 2.00. The average molecular weight is 172 g/mol. The van der Waals surface area contributed by atoms with Gasteiger partial charge in [0.2, 0.25) is 0 Å². The molecule has 68 valence electrons. The Labute approximate surface area is 71.2 Å². The van der Waals surface area contributed by atoms with Gasteiger partial charge in [0.25, 0.3) is 6.47 Å². The highest BCUT2D eigenvalue weighted by molar-refractivity contribution is 5.66. The molecule has 12 heavy (non-hydrogen) atoms. The van der Waals surface area contributed by atoms with E-state index in [4.69, 9.17) is 0 Å². The topological polar surface area (TPSA) is 52.6 Å². The molecule has 4 nitrogen and oxygen atoms in total. The Morgan fingerprint density at radius 1 is 1.42 bits per heavy atom. The molecular formula is C8H12O4. The molecule has 0 saturated heterocycles. The molecule has 0 aliphatic rings. The molecule has 0 aromatic carbocycles. The predicted molar refractivity (Wildman–Crippen MR) is 42.4 cm³/mol. The third-order valence-corrected chi connectivity index (χ3v) is 1.10. The van der Waals surface area contributed by atoms with E-state index in [1.165, 1.54) is 6.92 Å². The summed E-state index contributed by atoms with van der Waals surface area (Å²) in [5.41, 5.74) is 0.850. The standard InChI is InChI=1S/C8H12O4/c1-7(5-11-6-9)3-4-12-8(2)10/h3,6H,4-5H2,1-2H3. The first-order chi connectivity index (χ1) is 5.66. The van der Waals surface area contributed by atoms with Gasteiger partial charge < -0.3 is 9.47 Å². The van der Waals surface area contributed by atoms with Crippen molar-refractivity contribution in [2.75, 3.05) is 13.2 Å². The van der Waals surface area contributed by atoms with Gasteiger partial charge in [-0.15, -0.1) is 0 Å². The van der Waals surface area contributed by atoms with Gasteiger partial charge in [-0.2, -0.15) is 0 Å². The van der Waals surface area contributed by atoms with Crippen LogP contribution < -0.4 is 0 Å². The summed E-state index contributed by atoms with van der Waals surface area (Å²) in [5.74, 6) is -0.324. The van der Waals surface area contributed by atoms with Crippen LogP contribution in [0.2, 0.25) is 0 Å². The molecule has 0 fully saturated rings. The van der Waals surface area contributed by atoms with Crippen LogP contribution in [-0.4, -0.2) is 25.7 Å². The van der Waals surface area contributed by atoms with Crippen molar-refractivity contribution in [1.82, 2.24) is 0 Å². The zero-order valence-corrected chi connectivity index (χ0v) is 7.20. The fourth-order valence-corrected chi connectivity index (χ4v) is 0.526. The second-order valence-corrected chi connectivity index (χ2v) is 2.26. The van der Waals surface area contributed by atoms with Crippen LogP contribution in [-0.2, 0) is 19.1 Å². The first-order valence-electron chi connectivity index (χ1n) is 3.51. The lowest BCUT2D eigenvalue weighted by molar-refractivity contribution is -0.139. The number of carbonyl (C=O) groups excluding carboxylic acids is 2. The molecule has 4 heteroatoms. The summed E-state index contributed by atoms with van der Waals surface area (Å²) in [6.45, 7) is 3.97. The molecule has 0 spiro atoms. The molecule has 0 atom stereocenters. The number of carbonyl (C=O) groups is 2. The maximum Gasteiger partial charge on any atom is 0.302 e. The normalized spacial score (nSPS) is 10.7. The van der Waals surface area contributed by atoms with E-state index in [2.05, 4.69) is 9.47 Å². The largest absolute Gasteiger partial charge is 0.463 e. The molecule has 0 aromatic rings. The molecule has 0 amide bonds. The lowest BCUT2D eigenvalue weighted by Gasteiger charge is -1.99. The van der Waals surface area contributed by atoms with Crippen LogP contribution in [0.5, 0.6) is 0 Å². The van der Waals surface area contributed by atoms with Crippen molar-refractivity contribution >= 4 is 12.4 Å². The van der Waals surface area contributed by atoms with Gasteiger partial charge in [0, 0.05) is 6.92 Å². The van der Waals surface area contributed by atoms with Gasteiger partial charge in [0.1, 0.15) is 13.2 Å². The zero-order valence-electron chi connectivity index (χ0n) is 7.20. The lowest BCUT2D eigenvalue weighted by atomic mass is 10.3. The molecule has 0 aliphatic carbocycles. The molecule has 0 rings (SSSR count). The highest BCUT2D eigenvalue weighted by Gasteiger charge is 1.91. The van der Waals surface area contributed by atoms with Crippen molar-refractivity contribution in [3.05, 3.63) is 11.6 Å². The Bertz CT molecular complexity index is 183. The van der Waals surface area contributed by atoms with Crippen LogP contribution >= 0.6 is 0 Å². The summed E-state index contributed by atoms with van der Waals surface area (Å²) < 4.78 is 9.10. The zero-order chi connectivity index (χ0) is 9.40. The van der Waals surface area contributed by atoms with Gasteiger partial charge in [0.05, 0.1) is 0 Å². The van der Waals surface area contributed by atoms with Crippen molar-refractivity contribution < 1.29 is 19.1 Å². The van der Waals surface area contributed by atoms with E-state index in [9.17, 15) is 9.59 Å². The SMILES string of the molecule is CC(=O)OCC=C(C)COC=O. The number of hydrogen-bond donors (Lipinski definition) is 0. The van der Waals surface area contributed by atoms with Crippen LogP contribution in [0.15, 0.2) is 11.6 Å². The van der Waals surface area contributed by atoms with Gasteiger partial charge in [-0.3, -0.25) is 9.59 Å². The van der Waals surface area contributed by atoms with E-state index in [1.807, 2.05) is 0 Å². The minimum Gasteiger partial charge on any atom is -0.463 e. The Morgan fingerprint density at radius 2 is 2.08 bits per heavy atom. The summed E-state index contributed by atoms with van der Waals surface area (Å²) in [6, 6.07) is 0. The smallest absolute Gasteiger partial charge is 0.302 e. The third-order valence-electron chi connectivity index (χ3n) is 1.10. The highest BCUT2D eigenvalue weighted by Crippen LogP contribution is 1.92. The third kappa shape index (κ3) is 6.80. The summed E-state index contributed by atoms with van der Waals surface area (Å²) in [5, 5.41) is 0. The second kappa shape index (κ2) is 6.39. The number of rotatable bonds is 5. The van der Waals surface area contributed by atoms with E-state index in [0.717, 1.165) is 5.57 Å². The predicted octanol–water partition coefficient (Wildman–Crippen LogP) is 0.669. The molecule has 0 radical (unpaired) electrons. The molecule has 0 N–H and O–H groups in total. The van der Waals surface area contributed by atoms with Gasteiger partial charge in [-0.05, 0) is 18.6 Å². The quantitative estimate of drug-likeness (QED) is 0.347. The summed E-state index contributed by atoms with van der Waals surface area (Å²) in [7, 11) is 0. The molecule has 0 aromatic heterocycles. The van der Waals surface area contributed by atoms with Crippen LogP contribution in [0.4, 0.5) is 0 Å². The van der Waals surface area contributed by atoms with E-state index in [0.29, 0.717) is 6.47 Å². The van der Waals surface area contributed by atoms with Gasteiger partial charge in [0.15, 0.2) is 0 Å². The van der Waals surface area contributed by atoms with E-state index in [1.54, 1.807) is 13.0 Å². The van der Waals surface area contributed by atoms with Crippen LogP contribution in [0.1, 0.15) is 13.8 Å². The summed E-state index contributed by atoms with van der Waals surface area (Å²) >= 11 is 0. The first kappa shape index (κ1) is 10.7. The van der Waals surface area contributed by atoms with Crippen molar-refractivity contribution in [2.24, 2.45) is 0 Å². The summed E-state index contributed by atoms with van der Waals surface area (Å²) in [4.78, 5) is 20.1. The maximum atomic E-state index is 10.3. The van der Waals surface area contributed by atoms with Crippen molar-refractivity contribution in [3.63, 3.8) is 0 Å². The number of esters is 1. The highest BCUT2D eigenvalue weighted by atomic mass is 16.5. The lowest BCUT2D eigenvalue weighted by Crippen LogP contribution is -2.00. The summed E-state index contributed by atoms with van der Waals surface area (Å²) in [6.07, 6.45) is 1.69. The van der Waals surface area contributed by atoms with Crippen LogP contribution in [0.25, 0.3) is 0 Å².